The Labute approximate surface area is 151 Å². The van der Waals surface area contributed by atoms with Gasteiger partial charge in [-0.2, -0.15) is 0 Å². The van der Waals surface area contributed by atoms with Gasteiger partial charge in [0.05, 0.1) is 11.5 Å². The van der Waals surface area contributed by atoms with Crippen molar-refractivity contribution in [3.63, 3.8) is 0 Å². The van der Waals surface area contributed by atoms with Crippen LogP contribution in [0.5, 0.6) is 0 Å². The van der Waals surface area contributed by atoms with Crippen LogP contribution in [0.4, 0.5) is 0 Å². The normalized spacial score (nSPS) is 28.4. The maximum Gasteiger partial charge on any atom is 0.191 e. The van der Waals surface area contributed by atoms with Crippen LogP contribution in [-0.4, -0.2) is 70.1 Å². The zero-order valence-corrected chi connectivity index (χ0v) is 16.7. The van der Waals surface area contributed by atoms with E-state index in [2.05, 4.69) is 27.4 Å². The monoisotopic (exact) mass is 444 g/mol. The Bertz CT molecular complexity index is 469. The number of nitrogens with zero attached hydrogens (tertiary/aromatic N) is 2. The fourth-order valence-electron chi connectivity index (χ4n) is 3.14. The number of aliphatic imine (C=N–C) groups is 1. The van der Waals surface area contributed by atoms with E-state index in [1.165, 1.54) is 25.9 Å². The largest absolute Gasteiger partial charge is 0.356 e. The summed E-state index contributed by atoms with van der Waals surface area (Å²) in [5.74, 6) is 1.89. The lowest BCUT2D eigenvalue weighted by Gasteiger charge is -2.19. The van der Waals surface area contributed by atoms with Crippen LogP contribution in [0.2, 0.25) is 0 Å². The van der Waals surface area contributed by atoms with Gasteiger partial charge in [-0.25, -0.2) is 8.42 Å². The average Bonchev–Trinajstić information content (AvgIpc) is 3.01. The Hall–Kier alpha value is -0.0900. The molecule has 0 spiro atoms. The minimum absolute atomic E-state index is 0. The molecule has 0 aliphatic carbocycles. The van der Waals surface area contributed by atoms with Crippen molar-refractivity contribution in [2.75, 3.05) is 44.7 Å². The number of sulfone groups is 1. The SMILES string of the molecule is CCCN1CCC(CNC(=NC)NC2CCS(=O)(=O)C2)C1.I. The summed E-state index contributed by atoms with van der Waals surface area (Å²) < 4.78 is 22.9. The number of hydrogen-bond donors (Lipinski definition) is 2. The second-order valence-electron chi connectivity index (χ2n) is 6.15. The van der Waals surface area contributed by atoms with Crippen molar-refractivity contribution < 1.29 is 8.42 Å². The molecule has 0 aromatic rings. The molecule has 0 radical (unpaired) electrons. The number of halogens is 1. The van der Waals surface area contributed by atoms with E-state index in [4.69, 9.17) is 0 Å². The molecule has 2 fully saturated rings. The van der Waals surface area contributed by atoms with Crippen molar-refractivity contribution in [2.45, 2.75) is 32.2 Å². The summed E-state index contributed by atoms with van der Waals surface area (Å²) in [5.41, 5.74) is 0. The Morgan fingerprint density at radius 1 is 1.36 bits per heavy atom. The molecule has 8 heteroatoms. The van der Waals surface area contributed by atoms with Crippen LogP contribution in [0.1, 0.15) is 26.2 Å². The molecule has 0 bridgehead atoms. The zero-order chi connectivity index (χ0) is 15.3. The Kier molecular flexibility index (Phi) is 8.40. The Balaban J connectivity index is 0.00000242. The van der Waals surface area contributed by atoms with Gasteiger partial charge in [0.15, 0.2) is 15.8 Å². The first-order valence-corrected chi connectivity index (χ1v) is 9.74. The van der Waals surface area contributed by atoms with Crippen molar-refractivity contribution >= 4 is 39.8 Å². The summed E-state index contributed by atoms with van der Waals surface area (Å²) in [7, 11) is -1.11. The van der Waals surface area contributed by atoms with Gasteiger partial charge in [-0.3, -0.25) is 4.99 Å². The molecule has 2 atom stereocenters. The van der Waals surface area contributed by atoms with Crippen molar-refractivity contribution in [3.8, 4) is 0 Å². The molecule has 0 aromatic heterocycles. The molecule has 2 aliphatic heterocycles. The molecule has 6 nitrogen and oxygen atoms in total. The maximum atomic E-state index is 11.5. The summed E-state index contributed by atoms with van der Waals surface area (Å²) in [6.07, 6.45) is 3.11. The molecule has 0 aromatic carbocycles. The second-order valence-corrected chi connectivity index (χ2v) is 8.38. The van der Waals surface area contributed by atoms with Gasteiger partial charge in [-0.15, -0.1) is 24.0 Å². The molecule has 0 saturated carbocycles. The van der Waals surface area contributed by atoms with Gasteiger partial charge in [-0.1, -0.05) is 6.92 Å². The van der Waals surface area contributed by atoms with E-state index in [0.29, 0.717) is 12.3 Å². The van der Waals surface area contributed by atoms with Crippen molar-refractivity contribution in [2.24, 2.45) is 10.9 Å². The first-order valence-electron chi connectivity index (χ1n) is 7.92. The fraction of sp³-hybridized carbons (Fsp3) is 0.929. The maximum absolute atomic E-state index is 11.5. The lowest BCUT2D eigenvalue weighted by molar-refractivity contribution is 0.324. The molecule has 2 heterocycles. The van der Waals surface area contributed by atoms with Gasteiger partial charge >= 0.3 is 0 Å². The van der Waals surface area contributed by atoms with E-state index >= 15 is 0 Å². The van der Waals surface area contributed by atoms with E-state index in [-0.39, 0.29) is 41.5 Å². The molecule has 2 rings (SSSR count). The molecule has 2 aliphatic rings. The highest BCUT2D eigenvalue weighted by atomic mass is 127. The molecular weight excluding hydrogens is 415 g/mol. The third-order valence-corrected chi connectivity index (χ3v) is 6.03. The van der Waals surface area contributed by atoms with Crippen molar-refractivity contribution in [1.82, 2.24) is 15.5 Å². The van der Waals surface area contributed by atoms with Crippen LogP contribution in [0.15, 0.2) is 4.99 Å². The molecular formula is C14H29IN4O2S. The minimum atomic E-state index is -2.85. The summed E-state index contributed by atoms with van der Waals surface area (Å²) in [4.78, 5) is 6.71. The van der Waals surface area contributed by atoms with Gasteiger partial charge in [0.2, 0.25) is 0 Å². The van der Waals surface area contributed by atoms with Crippen LogP contribution < -0.4 is 10.6 Å². The molecule has 130 valence electrons. The standard InChI is InChI=1S/C14H28N4O2S.HI/c1-3-6-18-7-4-12(10-18)9-16-14(15-2)17-13-5-8-21(19,20)11-13;/h12-13H,3-11H2,1-2H3,(H2,15,16,17);1H. The van der Waals surface area contributed by atoms with Gasteiger partial charge in [-0.05, 0) is 38.3 Å². The molecule has 22 heavy (non-hydrogen) atoms. The first-order chi connectivity index (χ1) is 10.0. The summed E-state index contributed by atoms with van der Waals surface area (Å²) in [6, 6.07) is 0.00127. The quantitative estimate of drug-likeness (QED) is 0.371. The highest BCUT2D eigenvalue weighted by molar-refractivity contribution is 14.0. The number of likely N-dealkylation sites (tertiary alicyclic amines) is 1. The average molecular weight is 444 g/mol. The number of nitrogens with one attached hydrogen (secondary N) is 2. The first kappa shape index (κ1) is 20.0. The van der Waals surface area contributed by atoms with Gasteiger partial charge < -0.3 is 15.5 Å². The van der Waals surface area contributed by atoms with Gasteiger partial charge in [0.1, 0.15) is 0 Å². The van der Waals surface area contributed by atoms with E-state index in [9.17, 15) is 8.42 Å². The second kappa shape index (κ2) is 9.27. The van der Waals surface area contributed by atoms with Crippen LogP contribution in [0, 0.1) is 5.92 Å². The number of hydrogen-bond acceptors (Lipinski definition) is 4. The lowest BCUT2D eigenvalue weighted by atomic mass is 10.1. The van der Waals surface area contributed by atoms with Gasteiger partial charge in [0, 0.05) is 26.2 Å². The molecule has 2 unspecified atom stereocenters. The molecule has 2 N–H and O–H groups in total. The van der Waals surface area contributed by atoms with Crippen molar-refractivity contribution in [3.05, 3.63) is 0 Å². The third-order valence-electron chi connectivity index (χ3n) is 4.26. The topological polar surface area (TPSA) is 73.8 Å². The molecule has 2 saturated heterocycles. The molecule has 0 amide bonds. The fourth-order valence-corrected chi connectivity index (χ4v) is 4.81. The number of guanidine groups is 1. The lowest BCUT2D eigenvalue weighted by Crippen LogP contribution is -2.45. The van der Waals surface area contributed by atoms with Gasteiger partial charge in [0.25, 0.3) is 0 Å². The highest BCUT2D eigenvalue weighted by Crippen LogP contribution is 2.15. The summed E-state index contributed by atoms with van der Waals surface area (Å²) >= 11 is 0. The van der Waals surface area contributed by atoms with E-state index in [1.807, 2.05) is 0 Å². The van der Waals surface area contributed by atoms with E-state index in [0.717, 1.165) is 19.0 Å². The Morgan fingerprint density at radius 2 is 2.14 bits per heavy atom. The number of rotatable bonds is 5. The zero-order valence-electron chi connectivity index (χ0n) is 13.5. The smallest absolute Gasteiger partial charge is 0.191 e. The predicted octanol–water partition coefficient (Wildman–Crippen LogP) is 0.688. The van der Waals surface area contributed by atoms with E-state index < -0.39 is 9.84 Å². The third kappa shape index (κ3) is 6.19. The van der Waals surface area contributed by atoms with Crippen LogP contribution >= 0.6 is 24.0 Å². The predicted molar refractivity (Wildman–Crippen MR) is 102 cm³/mol. The van der Waals surface area contributed by atoms with Crippen molar-refractivity contribution in [1.29, 1.82) is 0 Å². The van der Waals surface area contributed by atoms with Crippen LogP contribution in [-0.2, 0) is 9.84 Å². The van der Waals surface area contributed by atoms with Crippen LogP contribution in [0.3, 0.4) is 0 Å². The summed E-state index contributed by atoms with van der Waals surface area (Å²) in [5, 5.41) is 6.57. The minimum Gasteiger partial charge on any atom is -0.356 e. The van der Waals surface area contributed by atoms with Crippen LogP contribution in [0.25, 0.3) is 0 Å². The van der Waals surface area contributed by atoms with E-state index in [1.54, 1.807) is 7.05 Å². The summed E-state index contributed by atoms with van der Waals surface area (Å²) in [6.45, 7) is 6.64. The highest BCUT2D eigenvalue weighted by Gasteiger charge is 2.28. The Morgan fingerprint density at radius 3 is 2.73 bits per heavy atom.